The van der Waals surface area contributed by atoms with Crippen LogP contribution in [-0.2, 0) is 16.1 Å². The first-order valence-electron chi connectivity index (χ1n) is 8.59. The van der Waals surface area contributed by atoms with Gasteiger partial charge < -0.3 is 10.2 Å². The topological polar surface area (TPSA) is 108 Å². The molecule has 0 atom stereocenters. The largest absolute Gasteiger partial charge is 0.324 e. The molecule has 2 aromatic rings. The minimum atomic E-state index is -0.585. The minimum absolute atomic E-state index is 0.00469. The summed E-state index contributed by atoms with van der Waals surface area (Å²) in [5, 5.41) is 15.9. The van der Waals surface area contributed by atoms with Gasteiger partial charge in [0.25, 0.3) is 5.56 Å². The van der Waals surface area contributed by atoms with Crippen molar-refractivity contribution < 1.29 is 9.59 Å². The summed E-state index contributed by atoms with van der Waals surface area (Å²) in [7, 11) is 0. The molecule has 0 spiro atoms. The molecule has 0 aliphatic carbocycles. The van der Waals surface area contributed by atoms with Gasteiger partial charge in [0, 0.05) is 24.3 Å². The second kappa shape index (κ2) is 7.41. The fourth-order valence-corrected chi connectivity index (χ4v) is 2.99. The molecule has 1 saturated heterocycles. The SMILES string of the molecule is Cc1nn(CC(=O)Nc2ccc(N3CCCC3=O)cc2)c(=O)c(C#N)c1C. The average Bonchev–Trinajstić information content (AvgIpc) is 3.07. The summed E-state index contributed by atoms with van der Waals surface area (Å²) in [6, 6.07) is 8.82. The molecule has 0 radical (unpaired) electrons. The number of aryl methyl sites for hydroxylation is 1. The number of nitrogens with zero attached hydrogens (tertiary/aromatic N) is 4. The van der Waals surface area contributed by atoms with Crippen LogP contribution in [0.4, 0.5) is 11.4 Å². The molecule has 1 aliphatic rings. The third-order valence-electron chi connectivity index (χ3n) is 4.58. The smallest absolute Gasteiger partial charge is 0.285 e. The highest BCUT2D eigenvalue weighted by molar-refractivity contribution is 5.96. The summed E-state index contributed by atoms with van der Waals surface area (Å²) >= 11 is 0. The summed E-state index contributed by atoms with van der Waals surface area (Å²) in [6.45, 7) is 3.75. The number of nitriles is 1. The maximum atomic E-state index is 12.3. The van der Waals surface area contributed by atoms with Crippen LogP contribution in [0.25, 0.3) is 0 Å². The fourth-order valence-electron chi connectivity index (χ4n) is 2.99. The molecule has 1 aliphatic heterocycles. The molecular formula is C19H19N5O3. The predicted molar refractivity (Wildman–Crippen MR) is 99.3 cm³/mol. The first kappa shape index (κ1) is 18.3. The standard InChI is InChI=1S/C19H19N5O3/c1-12-13(2)22-24(19(27)16(12)10-20)11-17(25)21-14-5-7-15(8-6-14)23-9-3-4-18(23)26/h5-8H,3-4,9,11H2,1-2H3,(H,21,25). The van der Waals surface area contributed by atoms with Crippen molar-refractivity contribution >= 4 is 23.2 Å². The predicted octanol–water partition coefficient (Wildman–Crippen LogP) is 1.50. The molecule has 0 saturated carbocycles. The van der Waals surface area contributed by atoms with Crippen molar-refractivity contribution in [2.24, 2.45) is 0 Å². The summed E-state index contributed by atoms with van der Waals surface area (Å²) in [4.78, 5) is 38.0. The minimum Gasteiger partial charge on any atom is -0.324 e. The van der Waals surface area contributed by atoms with E-state index in [0.717, 1.165) is 16.8 Å². The van der Waals surface area contributed by atoms with Crippen LogP contribution < -0.4 is 15.8 Å². The zero-order valence-corrected chi connectivity index (χ0v) is 15.2. The molecular weight excluding hydrogens is 346 g/mol. The molecule has 0 bridgehead atoms. The molecule has 1 aromatic heterocycles. The van der Waals surface area contributed by atoms with Gasteiger partial charge in [-0.2, -0.15) is 10.4 Å². The van der Waals surface area contributed by atoms with Crippen LogP contribution in [-0.4, -0.2) is 28.1 Å². The van der Waals surface area contributed by atoms with Crippen LogP contribution in [0.3, 0.4) is 0 Å². The summed E-state index contributed by atoms with van der Waals surface area (Å²) in [5.74, 6) is -0.331. The third kappa shape index (κ3) is 3.72. The number of rotatable bonds is 4. The quantitative estimate of drug-likeness (QED) is 0.883. The number of benzene rings is 1. The molecule has 2 amide bonds. The zero-order valence-electron chi connectivity index (χ0n) is 15.2. The summed E-state index contributed by atoms with van der Waals surface area (Å²) < 4.78 is 0.994. The summed E-state index contributed by atoms with van der Waals surface area (Å²) in [6.07, 6.45) is 1.40. The van der Waals surface area contributed by atoms with E-state index in [1.807, 2.05) is 6.07 Å². The van der Waals surface area contributed by atoms with Gasteiger partial charge in [0.2, 0.25) is 11.8 Å². The number of anilines is 2. The van der Waals surface area contributed by atoms with E-state index in [9.17, 15) is 14.4 Å². The maximum Gasteiger partial charge on any atom is 0.285 e. The highest BCUT2D eigenvalue weighted by Gasteiger charge is 2.21. The lowest BCUT2D eigenvalue weighted by molar-refractivity contribution is -0.117. The maximum absolute atomic E-state index is 12.3. The van der Waals surface area contributed by atoms with Crippen LogP contribution in [0.1, 0.15) is 29.7 Å². The number of nitrogens with one attached hydrogen (secondary N) is 1. The van der Waals surface area contributed by atoms with Gasteiger partial charge >= 0.3 is 0 Å². The molecule has 3 rings (SSSR count). The van der Waals surface area contributed by atoms with E-state index in [4.69, 9.17) is 5.26 Å². The lowest BCUT2D eigenvalue weighted by Gasteiger charge is -2.16. The van der Waals surface area contributed by atoms with Crippen molar-refractivity contribution in [3.8, 4) is 6.07 Å². The third-order valence-corrected chi connectivity index (χ3v) is 4.58. The highest BCUT2D eigenvalue weighted by atomic mass is 16.2. The van der Waals surface area contributed by atoms with E-state index >= 15 is 0 Å². The Bertz CT molecular complexity index is 1000. The van der Waals surface area contributed by atoms with Gasteiger partial charge in [0.15, 0.2) is 0 Å². The van der Waals surface area contributed by atoms with Gasteiger partial charge in [-0.1, -0.05) is 0 Å². The Hall–Kier alpha value is -3.47. The van der Waals surface area contributed by atoms with Crippen LogP contribution >= 0.6 is 0 Å². The lowest BCUT2D eigenvalue weighted by Crippen LogP contribution is -2.32. The molecule has 2 heterocycles. The highest BCUT2D eigenvalue weighted by Crippen LogP contribution is 2.23. The number of hydrogen-bond donors (Lipinski definition) is 1. The van der Waals surface area contributed by atoms with E-state index in [2.05, 4.69) is 10.4 Å². The molecule has 0 unspecified atom stereocenters. The Kier molecular flexibility index (Phi) is 5.03. The van der Waals surface area contributed by atoms with Gasteiger partial charge in [-0.3, -0.25) is 14.4 Å². The first-order valence-corrected chi connectivity index (χ1v) is 8.59. The second-order valence-corrected chi connectivity index (χ2v) is 6.40. The number of amides is 2. The lowest BCUT2D eigenvalue weighted by atomic mass is 10.1. The van der Waals surface area contributed by atoms with Crippen LogP contribution in [0, 0.1) is 25.2 Å². The molecule has 8 nitrogen and oxygen atoms in total. The molecule has 1 fully saturated rings. The number of hydrogen-bond acceptors (Lipinski definition) is 5. The second-order valence-electron chi connectivity index (χ2n) is 6.40. The van der Waals surface area contributed by atoms with Crippen molar-refractivity contribution in [2.75, 3.05) is 16.8 Å². The van der Waals surface area contributed by atoms with Gasteiger partial charge in [-0.15, -0.1) is 0 Å². The van der Waals surface area contributed by atoms with E-state index in [1.54, 1.807) is 43.0 Å². The first-order chi connectivity index (χ1) is 12.9. The Morgan fingerprint density at radius 3 is 2.56 bits per heavy atom. The van der Waals surface area contributed by atoms with E-state index < -0.39 is 11.5 Å². The Morgan fingerprint density at radius 1 is 1.26 bits per heavy atom. The van der Waals surface area contributed by atoms with Gasteiger partial charge in [-0.05, 0) is 50.1 Å². The van der Waals surface area contributed by atoms with Crippen molar-refractivity contribution in [3.63, 3.8) is 0 Å². The normalized spacial score (nSPS) is 13.5. The van der Waals surface area contributed by atoms with Crippen LogP contribution in [0.2, 0.25) is 0 Å². The van der Waals surface area contributed by atoms with E-state index in [1.165, 1.54) is 0 Å². The van der Waals surface area contributed by atoms with Crippen molar-refractivity contribution in [1.82, 2.24) is 9.78 Å². The van der Waals surface area contributed by atoms with Crippen molar-refractivity contribution in [1.29, 1.82) is 5.26 Å². The van der Waals surface area contributed by atoms with E-state index in [-0.39, 0.29) is 18.0 Å². The number of carbonyl (C=O) groups is 2. The summed E-state index contributed by atoms with van der Waals surface area (Å²) in [5.41, 5.74) is 1.80. The average molecular weight is 365 g/mol. The zero-order chi connectivity index (χ0) is 19.6. The molecule has 1 N–H and O–H groups in total. The monoisotopic (exact) mass is 365 g/mol. The molecule has 27 heavy (non-hydrogen) atoms. The van der Waals surface area contributed by atoms with Gasteiger partial charge in [0.05, 0.1) is 5.69 Å². The Labute approximate surface area is 156 Å². The Morgan fingerprint density at radius 2 is 1.96 bits per heavy atom. The van der Waals surface area contributed by atoms with Crippen molar-refractivity contribution in [2.45, 2.75) is 33.2 Å². The van der Waals surface area contributed by atoms with E-state index in [0.29, 0.717) is 29.9 Å². The Balaban J connectivity index is 1.72. The molecule has 138 valence electrons. The van der Waals surface area contributed by atoms with Gasteiger partial charge in [-0.25, -0.2) is 4.68 Å². The molecule has 8 heteroatoms. The van der Waals surface area contributed by atoms with Gasteiger partial charge in [0.1, 0.15) is 18.2 Å². The number of aromatic nitrogens is 2. The van der Waals surface area contributed by atoms with Crippen LogP contribution in [0.5, 0.6) is 0 Å². The molecule has 1 aromatic carbocycles. The number of carbonyl (C=O) groups excluding carboxylic acids is 2. The van der Waals surface area contributed by atoms with Crippen LogP contribution in [0.15, 0.2) is 29.1 Å². The fraction of sp³-hybridized carbons (Fsp3) is 0.316. The van der Waals surface area contributed by atoms with Crippen molar-refractivity contribution in [3.05, 3.63) is 51.4 Å².